The summed E-state index contributed by atoms with van der Waals surface area (Å²) in [6.07, 6.45) is 4.99. The Kier molecular flexibility index (Phi) is 4.26. The zero-order valence-electron chi connectivity index (χ0n) is 12.1. The van der Waals surface area contributed by atoms with Crippen LogP contribution in [0.4, 0.5) is 0 Å². The fraction of sp³-hybridized carbons (Fsp3) is 0.643. The second kappa shape index (κ2) is 6.00. The first-order valence-corrected chi connectivity index (χ1v) is 9.15. The van der Waals surface area contributed by atoms with Crippen molar-refractivity contribution < 1.29 is 13.2 Å². The van der Waals surface area contributed by atoms with E-state index in [-0.39, 0.29) is 18.2 Å². The second-order valence-electron chi connectivity index (χ2n) is 5.79. The highest BCUT2D eigenvalue weighted by Crippen LogP contribution is 2.30. The Labute approximate surface area is 125 Å². The third-order valence-corrected chi connectivity index (χ3v) is 4.82. The maximum absolute atomic E-state index is 11.5. The summed E-state index contributed by atoms with van der Waals surface area (Å²) >= 11 is 0. The van der Waals surface area contributed by atoms with Gasteiger partial charge in [0.15, 0.2) is 0 Å². The monoisotopic (exact) mass is 311 g/mol. The third kappa shape index (κ3) is 3.60. The van der Waals surface area contributed by atoms with Crippen LogP contribution in [-0.2, 0) is 21.3 Å². The molecule has 3 rings (SSSR count). The van der Waals surface area contributed by atoms with E-state index in [1.165, 1.54) is 6.26 Å². The topological polar surface area (TPSA) is 71.5 Å². The first-order chi connectivity index (χ1) is 10.0. The lowest BCUT2D eigenvalue weighted by Crippen LogP contribution is -2.47. The Hall–Kier alpha value is -1.02. The standard InChI is InChI=1S/C14H21N3O3S/c1-21(18,19)16-12-10-17(9-11-5-2-3-7-15-11)13-6-4-8-20-14(12)13/h2-3,5,7,12-14,16H,4,6,8-10H2,1H3/t12-,13-,14-/m1/s1. The molecule has 0 saturated carbocycles. The van der Waals surface area contributed by atoms with Crippen LogP contribution >= 0.6 is 0 Å². The molecule has 2 aliphatic rings. The minimum atomic E-state index is -3.23. The minimum absolute atomic E-state index is 0.0582. The van der Waals surface area contributed by atoms with Gasteiger partial charge in [0.1, 0.15) is 0 Å². The van der Waals surface area contributed by atoms with Gasteiger partial charge in [-0.3, -0.25) is 9.88 Å². The number of nitrogens with zero attached hydrogens (tertiary/aromatic N) is 2. The summed E-state index contributed by atoms with van der Waals surface area (Å²) in [4.78, 5) is 6.65. The second-order valence-corrected chi connectivity index (χ2v) is 7.57. The molecule has 0 aromatic carbocycles. The predicted molar refractivity (Wildman–Crippen MR) is 79.2 cm³/mol. The smallest absolute Gasteiger partial charge is 0.209 e. The van der Waals surface area contributed by atoms with Gasteiger partial charge in [-0.15, -0.1) is 0 Å². The van der Waals surface area contributed by atoms with Crippen molar-refractivity contribution in [2.75, 3.05) is 19.4 Å². The molecule has 1 aromatic heterocycles. The van der Waals surface area contributed by atoms with Crippen LogP contribution in [0.15, 0.2) is 24.4 Å². The molecule has 1 aromatic rings. The van der Waals surface area contributed by atoms with Crippen LogP contribution in [0.25, 0.3) is 0 Å². The minimum Gasteiger partial charge on any atom is -0.375 e. The lowest BCUT2D eigenvalue weighted by Gasteiger charge is -2.32. The third-order valence-electron chi connectivity index (χ3n) is 4.09. The molecule has 0 unspecified atom stereocenters. The first kappa shape index (κ1) is 14.9. The molecule has 0 aliphatic carbocycles. The molecule has 7 heteroatoms. The van der Waals surface area contributed by atoms with Gasteiger partial charge in [-0.05, 0) is 25.0 Å². The number of rotatable bonds is 4. The van der Waals surface area contributed by atoms with Crippen molar-refractivity contribution in [1.82, 2.24) is 14.6 Å². The molecule has 2 aliphatic heterocycles. The van der Waals surface area contributed by atoms with Crippen LogP contribution in [0.3, 0.4) is 0 Å². The summed E-state index contributed by atoms with van der Waals surface area (Å²) in [6.45, 7) is 2.10. The molecule has 6 nitrogen and oxygen atoms in total. The molecule has 2 saturated heterocycles. The van der Waals surface area contributed by atoms with Crippen molar-refractivity contribution in [3.8, 4) is 0 Å². The maximum Gasteiger partial charge on any atom is 0.209 e. The molecule has 3 atom stereocenters. The van der Waals surface area contributed by atoms with Crippen molar-refractivity contribution >= 4 is 10.0 Å². The fourth-order valence-electron chi connectivity index (χ4n) is 3.31. The van der Waals surface area contributed by atoms with E-state index in [4.69, 9.17) is 4.74 Å². The van der Waals surface area contributed by atoms with Crippen LogP contribution in [0.1, 0.15) is 18.5 Å². The van der Waals surface area contributed by atoms with Crippen molar-refractivity contribution in [2.24, 2.45) is 0 Å². The predicted octanol–water partition coefficient (Wildman–Crippen LogP) is 0.363. The van der Waals surface area contributed by atoms with E-state index in [0.29, 0.717) is 13.2 Å². The highest BCUT2D eigenvalue weighted by atomic mass is 32.2. The molecule has 1 N–H and O–H groups in total. The number of ether oxygens (including phenoxy) is 1. The van der Waals surface area contributed by atoms with Crippen molar-refractivity contribution in [2.45, 2.75) is 37.6 Å². The van der Waals surface area contributed by atoms with Gasteiger partial charge in [0.05, 0.1) is 24.1 Å². The number of aromatic nitrogens is 1. The van der Waals surface area contributed by atoms with Gasteiger partial charge in [0.25, 0.3) is 0 Å². The number of likely N-dealkylation sites (tertiary alicyclic amines) is 1. The van der Waals surface area contributed by atoms with E-state index in [9.17, 15) is 8.42 Å². The van der Waals surface area contributed by atoms with E-state index in [1.54, 1.807) is 6.20 Å². The van der Waals surface area contributed by atoms with E-state index in [2.05, 4.69) is 14.6 Å². The van der Waals surface area contributed by atoms with Crippen LogP contribution in [0.5, 0.6) is 0 Å². The number of sulfonamides is 1. The molecular weight excluding hydrogens is 290 g/mol. The van der Waals surface area contributed by atoms with Gasteiger partial charge in [0, 0.05) is 31.9 Å². The molecule has 21 heavy (non-hydrogen) atoms. The lowest BCUT2D eigenvalue weighted by molar-refractivity contribution is -0.0195. The molecule has 0 spiro atoms. The number of hydrogen-bond acceptors (Lipinski definition) is 5. The molecule has 2 fully saturated rings. The van der Waals surface area contributed by atoms with Crippen molar-refractivity contribution in [3.05, 3.63) is 30.1 Å². The van der Waals surface area contributed by atoms with Gasteiger partial charge in [-0.25, -0.2) is 13.1 Å². The molecule has 0 bridgehead atoms. The number of hydrogen-bond donors (Lipinski definition) is 1. The SMILES string of the molecule is CS(=O)(=O)N[C@@H]1CN(Cc2ccccn2)[C@@H]2CCCO[C@@H]21. The Morgan fingerprint density at radius 3 is 3.05 bits per heavy atom. The quantitative estimate of drug-likeness (QED) is 0.869. The number of nitrogens with one attached hydrogen (secondary N) is 1. The normalized spacial score (nSPS) is 30.2. The summed E-state index contributed by atoms with van der Waals surface area (Å²) in [6, 6.07) is 5.96. The Morgan fingerprint density at radius 2 is 2.33 bits per heavy atom. The van der Waals surface area contributed by atoms with Crippen LogP contribution in [0.2, 0.25) is 0 Å². The van der Waals surface area contributed by atoms with Crippen molar-refractivity contribution in [1.29, 1.82) is 0 Å². The molecule has 116 valence electrons. The molecule has 3 heterocycles. The van der Waals surface area contributed by atoms with E-state index < -0.39 is 10.0 Å². The molecule has 0 amide bonds. The highest BCUT2D eigenvalue weighted by molar-refractivity contribution is 7.88. The summed E-state index contributed by atoms with van der Waals surface area (Å²) in [5.41, 5.74) is 1.00. The summed E-state index contributed by atoms with van der Waals surface area (Å²) in [5.74, 6) is 0. The number of fused-ring (bicyclic) bond motifs is 1. The summed E-state index contributed by atoms with van der Waals surface area (Å²) in [5, 5.41) is 0. The molecule has 0 radical (unpaired) electrons. The average Bonchev–Trinajstić information content (AvgIpc) is 2.77. The van der Waals surface area contributed by atoms with Crippen LogP contribution < -0.4 is 4.72 Å². The van der Waals surface area contributed by atoms with Gasteiger partial charge in [0.2, 0.25) is 10.0 Å². The number of pyridine rings is 1. The highest BCUT2D eigenvalue weighted by Gasteiger charge is 2.44. The molecular formula is C14H21N3O3S. The van der Waals surface area contributed by atoms with Gasteiger partial charge in [-0.1, -0.05) is 6.07 Å². The summed E-state index contributed by atoms with van der Waals surface area (Å²) in [7, 11) is -3.23. The van der Waals surface area contributed by atoms with Crippen LogP contribution in [-0.4, -0.2) is 55.9 Å². The van der Waals surface area contributed by atoms with E-state index >= 15 is 0 Å². The van der Waals surface area contributed by atoms with E-state index in [0.717, 1.165) is 25.1 Å². The van der Waals surface area contributed by atoms with Crippen LogP contribution in [0, 0.1) is 0 Å². The average molecular weight is 311 g/mol. The van der Waals surface area contributed by atoms with Gasteiger partial charge >= 0.3 is 0 Å². The summed E-state index contributed by atoms with van der Waals surface area (Å²) < 4.78 is 31.6. The maximum atomic E-state index is 11.5. The first-order valence-electron chi connectivity index (χ1n) is 7.26. The fourth-order valence-corrected chi connectivity index (χ4v) is 4.07. The van der Waals surface area contributed by atoms with Gasteiger partial charge in [-0.2, -0.15) is 0 Å². The van der Waals surface area contributed by atoms with Gasteiger partial charge < -0.3 is 4.74 Å². The van der Waals surface area contributed by atoms with Crippen molar-refractivity contribution in [3.63, 3.8) is 0 Å². The Morgan fingerprint density at radius 1 is 1.48 bits per heavy atom. The zero-order valence-corrected chi connectivity index (χ0v) is 12.9. The lowest BCUT2D eigenvalue weighted by atomic mass is 10.0. The largest absolute Gasteiger partial charge is 0.375 e. The Bertz CT molecular complexity index is 578. The van der Waals surface area contributed by atoms with E-state index in [1.807, 2.05) is 18.2 Å². The zero-order chi connectivity index (χ0) is 14.9. The Balaban J connectivity index is 1.75.